The highest BCUT2D eigenvalue weighted by atomic mass is 16.2. The van der Waals surface area contributed by atoms with Gasteiger partial charge in [-0.2, -0.15) is 0 Å². The third-order valence-corrected chi connectivity index (χ3v) is 8.91. The molecule has 3 aliphatic rings. The second-order valence-corrected chi connectivity index (χ2v) is 11.3. The molecule has 2 heterocycles. The number of carbonyl (C=O) groups is 2. The van der Waals surface area contributed by atoms with Gasteiger partial charge in [0.05, 0.1) is 5.54 Å². The van der Waals surface area contributed by atoms with Crippen LogP contribution in [0.25, 0.3) is 0 Å². The minimum Gasteiger partial charge on any atom is -0.317 e. The van der Waals surface area contributed by atoms with Gasteiger partial charge in [-0.3, -0.25) is 9.69 Å². The zero-order valence-corrected chi connectivity index (χ0v) is 21.9. The van der Waals surface area contributed by atoms with Crippen LogP contribution in [0, 0.1) is 12.8 Å². The second-order valence-electron chi connectivity index (χ2n) is 11.3. The molecule has 0 unspecified atom stereocenters. The van der Waals surface area contributed by atoms with Crippen LogP contribution in [0.2, 0.25) is 0 Å². The van der Waals surface area contributed by atoms with Crippen molar-refractivity contribution in [2.75, 3.05) is 39.0 Å². The zero-order chi connectivity index (χ0) is 25.3. The van der Waals surface area contributed by atoms with Gasteiger partial charge in [0.2, 0.25) is 5.91 Å². The number of urea groups is 1. The molecule has 7 nitrogen and oxygen atoms in total. The summed E-state index contributed by atoms with van der Waals surface area (Å²) in [6.07, 6.45) is 9.25. The molecular formula is C29H39N5O2. The van der Waals surface area contributed by atoms with Gasteiger partial charge in [0.1, 0.15) is 12.4 Å². The Morgan fingerprint density at radius 2 is 1.81 bits per heavy atom. The predicted octanol–water partition coefficient (Wildman–Crippen LogP) is 4.64. The average molecular weight is 490 g/mol. The molecule has 3 amide bonds. The fourth-order valence-electron chi connectivity index (χ4n) is 6.41. The largest absolute Gasteiger partial charge is 0.321 e. The van der Waals surface area contributed by atoms with E-state index in [9.17, 15) is 9.59 Å². The molecule has 1 aliphatic heterocycles. The van der Waals surface area contributed by atoms with Gasteiger partial charge < -0.3 is 15.1 Å². The number of pyridine rings is 1. The minimum absolute atomic E-state index is 0.0194. The standard InChI is InChI=1S/C29H39N5O2/c1-22-12-13-25(30-18-22)31-26(35)20-33-21-28(34(27(33)36)19-23-8-7-9-23)14-16-29(17-15-28,32(2)3)24-10-5-4-6-11-24/h4-6,10-13,18,23H,7-9,14-17,19-21H2,1-3H3,(H,30,31,35)/t28-,29+. The van der Waals surface area contributed by atoms with Crippen LogP contribution in [-0.2, 0) is 10.3 Å². The molecule has 2 aliphatic carbocycles. The molecule has 2 saturated carbocycles. The van der Waals surface area contributed by atoms with Crippen molar-refractivity contribution in [1.29, 1.82) is 0 Å². The average Bonchev–Trinajstić information content (AvgIpc) is 3.08. The lowest BCUT2D eigenvalue weighted by atomic mass is 9.68. The van der Waals surface area contributed by atoms with Crippen molar-refractivity contribution in [1.82, 2.24) is 19.7 Å². The number of nitrogens with zero attached hydrogens (tertiary/aromatic N) is 4. The molecular weight excluding hydrogens is 450 g/mol. The summed E-state index contributed by atoms with van der Waals surface area (Å²) in [4.78, 5) is 37.1. The van der Waals surface area contributed by atoms with Crippen molar-refractivity contribution in [3.8, 4) is 0 Å². The molecule has 1 saturated heterocycles. The maximum atomic E-state index is 13.7. The number of benzene rings is 1. The Morgan fingerprint density at radius 3 is 2.39 bits per heavy atom. The van der Waals surface area contributed by atoms with Gasteiger partial charge in [-0.1, -0.05) is 42.8 Å². The summed E-state index contributed by atoms with van der Waals surface area (Å²) in [7, 11) is 4.35. The first-order valence-corrected chi connectivity index (χ1v) is 13.3. The SMILES string of the molecule is Cc1ccc(NC(=O)CN2C[C@]3(CC[C@](c4ccccc4)(N(C)C)CC3)N(CC3CCC3)C2=O)nc1. The molecule has 5 rings (SSSR count). The number of hydrogen-bond donors (Lipinski definition) is 1. The van der Waals surface area contributed by atoms with E-state index in [0.29, 0.717) is 18.3 Å². The first-order valence-electron chi connectivity index (χ1n) is 13.3. The van der Waals surface area contributed by atoms with Crippen molar-refractivity contribution in [2.24, 2.45) is 5.92 Å². The van der Waals surface area contributed by atoms with Crippen molar-refractivity contribution in [3.05, 3.63) is 59.8 Å². The summed E-state index contributed by atoms with van der Waals surface area (Å²) >= 11 is 0. The summed E-state index contributed by atoms with van der Waals surface area (Å²) in [6.45, 7) is 3.46. The van der Waals surface area contributed by atoms with Crippen LogP contribution in [-0.4, -0.2) is 70.9 Å². The van der Waals surface area contributed by atoms with E-state index in [2.05, 4.69) is 64.5 Å². The molecule has 1 N–H and O–H groups in total. The van der Waals surface area contributed by atoms with Gasteiger partial charge in [-0.15, -0.1) is 0 Å². The molecule has 2 aromatic rings. The number of aromatic nitrogens is 1. The quantitative estimate of drug-likeness (QED) is 0.615. The summed E-state index contributed by atoms with van der Waals surface area (Å²) in [5.41, 5.74) is 2.16. The second kappa shape index (κ2) is 9.85. The van der Waals surface area contributed by atoms with Gasteiger partial charge >= 0.3 is 6.03 Å². The predicted molar refractivity (Wildman–Crippen MR) is 142 cm³/mol. The smallest absolute Gasteiger partial charge is 0.317 e. The summed E-state index contributed by atoms with van der Waals surface area (Å²) in [6, 6.07) is 14.5. The van der Waals surface area contributed by atoms with Crippen LogP contribution in [0.3, 0.4) is 0 Å². The van der Waals surface area contributed by atoms with E-state index in [1.807, 2.05) is 13.0 Å². The lowest BCUT2D eigenvalue weighted by Crippen LogP contribution is -2.56. The van der Waals surface area contributed by atoms with Gasteiger partial charge in [0.15, 0.2) is 0 Å². The number of amides is 3. The van der Waals surface area contributed by atoms with Gasteiger partial charge in [-0.25, -0.2) is 9.78 Å². The van der Waals surface area contributed by atoms with E-state index >= 15 is 0 Å². The molecule has 192 valence electrons. The third kappa shape index (κ3) is 4.61. The van der Waals surface area contributed by atoms with Crippen molar-refractivity contribution >= 4 is 17.8 Å². The van der Waals surface area contributed by atoms with Gasteiger partial charge in [0.25, 0.3) is 0 Å². The molecule has 3 fully saturated rings. The number of anilines is 1. The third-order valence-electron chi connectivity index (χ3n) is 8.91. The maximum Gasteiger partial charge on any atom is 0.321 e. The van der Waals surface area contributed by atoms with Gasteiger partial charge in [0, 0.05) is 24.8 Å². The van der Waals surface area contributed by atoms with Crippen LogP contribution in [0.15, 0.2) is 48.7 Å². The highest BCUT2D eigenvalue weighted by Crippen LogP contribution is 2.49. The van der Waals surface area contributed by atoms with Crippen LogP contribution < -0.4 is 5.32 Å². The molecule has 0 atom stereocenters. The number of carbonyl (C=O) groups excluding carboxylic acids is 2. The Bertz CT molecular complexity index is 1070. The molecule has 1 spiro atoms. The molecule has 7 heteroatoms. The van der Waals surface area contributed by atoms with Crippen LogP contribution in [0.4, 0.5) is 10.6 Å². The van der Waals surface area contributed by atoms with E-state index in [1.54, 1.807) is 17.2 Å². The maximum absolute atomic E-state index is 13.7. The number of hydrogen-bond acceptors (Lipinski definition) is 4. The minimum atomic E-state index is -0.205. The Kier molecular flexibility index (Phi) is 6.77. The lowest BCUT2D eigenvalue weighted by molar-refractivity contribution is -0.116. The fraction of sp³-hybridized carbons (Fsp3) is 0.552. The molecule has 36 heavy (non-hydrogen) atoms. The summed E-state index contributed by atoms with van der Waals surface area (Å²) in [5.74, 6) is 0.920. The lowest BCUT2D eigenvalue weighted by Gasteiger charge is -2.51. The van der Waals surface area contributed by atoms with Crippen LogP contribution >= 0.6 is 0 Å². The molecule has 0 radical (unpaired) electrons. The fourth-order valence-corrected chi connectivity index (χ4v) is 6.41. The molecule has 1 aromatic carbocycles. The molecule has 0 bridgehead atoms. The van der Waals surface area contributed by atoms with Crippen molar-refractivity contribution in [2.45, 2.75) is 62.9 Å². The Morgan fingerprint density at radius 1 is 1.08 bits per heavy atom. The van der Waals surface area contributed by atoms with E-state index in [4.69, 9.17) is 0 Å². The Labute approximate surface area is 214 Å². The monoisotopic (exact) mass is 489 g/mol. The topological polar surface area (TPSA) is 68.8 Å². The molecule has 1 aromatic heterocycles. The van der Waals surface area contributed by atoms with Gasteiger partial charge in [-0.05, 0) is 82.7 Å². The van der Waals surface area contributed by atoms with E-state index in [-0.39, 0.29) is 29.6 Å². The van der Waals surface area contributed by atoms with E-state index in [0.717, 1.165) is 37.8 Å². The first-order chi connectivity index (χ1) is 17.3. The van der Waals surface area contributed by atoms with E-state index < -0.39 is 0 Å². The summed E-state index contributed by atoms with van der Waals surface area (Å²) in [5, 5.41) is 2.87. The normalized spacial score (nSPS) is 26.5. The summed E-state index contributed by atoms with van der Waals surface area (Å²) < 4.78 is 0. The highest BCUT2D eigenvalue weighted by molar-refractivity contribution is 5.94. The number of nitrogens with one attached hydrogen (secondary N) is 1. The van der Waals surface area contributed by atoms with Crippen LogP contribution in [0.1, 0.15) is 56.1 Å². The van der Waals surface area contributed by atoms with Crippen molar-refractivity contribution < 1.29 is 9.59 Å². The number of aryl methyl sites for hydroxylation is 1. The Balaban J connectivity index is 1.33. The number of rotatable bonds is 7. The highest BCUT2D eigenvalue weighted by Gasteiger charge is 2.55. The Hall–Kier alpha value is -2.93. The van der Waals surface area contributed by atoms with Crippen molar-refractivity contribution in [3.63, 3.8) is 0 Å². The van der Waals surface area contributed by atoms with Crippen LogP contribution in [0.5, 0.6) is 0 Å². The first kappa shape index (κ1) is 24.8. The zero-order valence-electron chi connectivity index (χ0n) is 21.9. The van der Waals surface area contributed by atoms with E-state index in [1.165, 1.54) is 24.8 Å².